The molecule has 122 valence electrons. The van der Waals surface area contributed by atoms with Crippen LogP contribution in [0.1, 0.15) is 72.4 Å². The second-order valence-corrected chi connectivity index (χ2v) is 6.57. The van der Waals surface area contributed by atoms with E-state index < -0.39 is 11.9 Å². The van der Waals surface area contributed by atoms with Crippen LogP contribution in [0.25, 0.3) is 0 Å². The molecule has 1 rings (SSSR count). The van der Waals surface area contributed by atoms with Crippen molar-refractivity contribution in [3.8, 4) is 0 Å². The van der Waals surface area contributed by atoms with Gasteiger partial charge in [-0.1, -0.05) is 39.8 Å². The smallest absolute Gasteiger partial charge is 0.0724 e. The normalized spacial score (nSPS) is 11.2. The van der Waals surface area contributed by atoms with Gasteiger partial charge in [0.05, 0.1) is 11.9 Å². The molecular weight excluding hydrogens is 280 g/mol. The highest BCUT2D eigenvalue weighted by molar-refractivity contribution is 6.01. The topological polar surface area (TPSA) is 80.3 Å². The van der Waals surface area contributed by atoms with Crippen LogP contribution in [0.2, 0.25) is 0 Å². The Morgan fingerprint density at radius 3 is 1.91 bits per heavy atom. The van der Waals surface area contributed by atoms with Crippen molar-refractivity contribution >= 4 is 11.9 Å². The number of hydrogen-bond donors (Lipinski definition) is 0. The molecule has 0 spiro atoms. The first-order valence-corrected chi connectivity index (χ1v) is 7.81. The fraction of sp³-hybridized carbons (Fsp3) is 0.556. The summed E-state index contributed by atoms with van der Waals surface area (Å²) in [6.07, 6.45) is 2.99. The maximum atomic E-state index is 11.5. The molecule has 0 saturated heterocycles. The molecule has 0 heterocycles. The second-order valence-electron chi connectivity index (χ2n) is 6.57. The molecule has 0 aliphatic rings. The lowest BCUT2D eigenvalue weighted by Crippen LogP contribution is -2.32. The van der Waals surface area contributed by atoms with Crippen molar-refractivity contribution in [2.24, 2.45) is 11.8 Å². The van der Waals surface area contributed by atoms with Gasteiger partial charge in [0.25, 0.3) is 0 Å². The summed E-state index contributed by atoms with van der Waals surface area (Å²) in [6, 6.07) is 3.05. The molecule has 0 aromatic heterocycles. The van der Waals surface area contributed by atoms with Gasteiger partial charge in [-0.15, -0.1) is 0 Å². The van der Waals surface area contributed by atoms with E-state index in [4.69, 9.17) is 0 Å². The molecule has 0 fully saturated rings. The number of benzene rings is 1. The molecule has 0 aliphatic carbocycles. The summed E-state index contributed by atoms with van der Waals surface area (Å²) in [4.78, 5) is 22.7. The lowest BCUT2D eigenvalue weighted by atomic mass is 9.88. The van der Waals surface area contributed by atoms with E-state index in [1.54, 1.807) is 6.07 Å². The number of aromatic carboxylic acids is 2. The first kappa shape index (κ1) is 18.2. The Kier molecular flexibility index (Phi) is 6.60. The Bertz CT molecular complexity index is 544. The van der Waals surface area contributed by atoms with Gasteiger partial charge in [0.1, 0.15) is 0 Å². The highest BCUT2D eigenvalue weighted by atomic mass is 16.4. The Hall–Kier alpha value is -1.84. The molecular formula is C18H24O4-2. The van der Waals surface area contributed by atoms with Crippen LogP contribution in [0, 0.1) is 11.8 Å². The van der Waals surface area contributed by atoms with Gasteiger partial charge < -0.3 is 19.8 Å². The summed E-state index contributed by atoms with van der Waals surface area (Å²) in [5.41, 5.74) is 1.00. The first-order valence-electron chi connectivity index (χ1n) is 7.81. The molecule has 0 unspecified atom stereocenters. The number of carbonyl (C=O) groups excluding carboxylic acids is 2. The van der Waals surface area contributed by atoms with Crippen molar-refractivity contribution in [2.45, 2.75) is 53.4 Å². The Morgan fingerprint density at radius 2 is 1.45 bits per heavy atom. The van der Waals surface area contributed by atoms with Crippen molar-refractivity contribution in [2.75, 3.05) is 0 Å². The van der Waals surface area contributed by atoms with Gasteiger partial charge in [0, 0.05) is 11.1 Å². The van der Waals surface area contributed by atoms with Crippen molar-refractivity contribution < 1.29 is 19.8 Å². The largest absolute Gasteiger partial charge is 0.545 e. The third-order valence-corrected chi connectivity index (χ3v) is 3.80. The fourth-order valence-electron chi connectivity index (χ4n) is 2.49. The van der Waals surface area contributed by atoms with Crippen LogP contribution in [0.3, 0.4) is 0 Å². The van der Waals surface area contributed by atoms with Crippen LogP contribution in [0.15, 0.2) is 12.1 Å². The van der Waals surface area contributed by atoms with E-state index in [1.807, 2.05) is 0 Å². The second kappa shape index (κ2) is 7.97. The fourth-order valence-corrected chi connectivity index (χ4v) is 2.49. The Balaban J connectivity index is 3.34. The predicted octanol–water partition coefficient (Wildman–Crippen LogP) is 1.59. The summed E-state index contributed by atoms with van der Waals surface area (Å²) in [6.45, 7) is 8.30. The molecule has 1 aromatic carbocycles. The van der Waals surface area contributed by atoms with Gasteiger partial charge >= 0.3 is 0 Å². The van der Waals surface area contributed by atoms with E-state index >= 15 is 0 Å². The molecule has 1 aromatic rings. The maximum absolute atomic E-state index is 11.5. The molecule has 22 heavy (non-hydrogen) atoms. The SMILES string of the molecule is CC(C)CCc1ccc(C(=O)[O-])c(C(=O)[O-])c1CCC(C)C. The van der Waals surface area contributed by atoms with E-state index in [9.17, 15) is 19.8 Å². The number of carboxylic acids is 2. The quantitative estimate of drug-likeness (QED) is 0.730. The summed E-state index contributed by atoms with van der Waals surface area (Å²) < 4.78 is 0. The van der Waals surface area contributed by atoms with Gasteiger partial charge in [-0.3, -0.25) is 0 Å². The van der Waals surface area contributed by atoms with E-state index in [-0.39, 0.29) is 11.1 Å². The zero-order valence-electron chi connectivity index (χ0n) is 13.8. The van der Waals surface area contributed by atoms with Crippen molar-refractivity contribution in [3.63, 3.8) is 0 Å². The molecule has 4 heteroatoms. The third-order valence-electron chi connectivity index (χ3n) is 3.80. The lowest BCUT2D eigenvalue weighted by molar-refractivity contribution is -0.259. The molecule has 0 amide bonds. The minimum atomic E-state index is -1.47. The maximum Gasteiger partial charge on any atom is 0.0724 e. The van der Waals surface area contributed by atoms with Crippen LogP contribution in [-0.4, -0.2) is 11.9 Å². The van der Waals surface area contributed by atoms with Crippen LogP contribution in [0.5, 0.6) is 0 Å². The number of rotatable bonds is 8. The number of carbonyl (C=O) groups is 2. The average molecular weight is 304 g/mol. The molecule has 0 atom stereocenters. The van der Waals surface area contributed by atoms with Crippen LogP contribution < -0.4 is 10.2 Å². The number of aryl methyl sites for hydroxylation is 1. The Labute approximate surface area is 132 Å². The summed E-state index contributed by atoms with van der Waals surface area (Å²) >= 11 is 0. The van der Waals surface area contributed by atoms with E-state index in [1.165, 1.54) is 6.07 Å². The minimum Gasteiger partial charge on any atom is -0.545 e. The number of carboxylic acid groups (broad SMARTS) is 2. The zero-order chi connectivity index (χ0) is 16.9. The van der Waals surface area contributed by atoms with E-state index in [2.05, 4.69) is 27.7 Å². The van der Waals surface area contributed by atoms with Gasteiger partial charge in [-0.25, -0.2) is 0 Å². The Morgan fingerprint density at radius 1 is 0.909 bits per heavy atom. The first-order chi connectivity index (χ1) is 10.2. The highest BCUT2D eigenvalue weighted by Gasteiger charge is 2.15. The molecule has 4 nitrogen and oxygen atoms in total. The van der Waals surface area contributed by atoms with Gasteiger partial charge in [-0.05, 0) is 48.6 Å². The predicted molar refractivity (Wildman–Crippen MR) is 81.4 cm³/mol. The van der Waals surface area contributed by atoms with E-state index in [0.717, 1.165) is 24.8 Å². The summed E-state index contributed by atoms with van der Waals surface area (Å²) in [7, 11) is 0. The lowest BCUT2D eigenvalue weighted by Gasteiger charge is -2.21. The van der Waals surface area contributed by atoms with Crippen molar-refractivity contribution in [1.82, 2.24) is 0 Å². The van der Waals surface area contributed by atoms with Crippen LogP contribution in [-0.2, 0) is 12.8 Å². The zero-order valence-corrected chi connectivity index (χ0v) is 13.8. The number of hydrogen-bond acceptors (Lipinski definition) is 4. The summed E-state index contributed by atoms with van der Waals surface area (Å²) in [5, 5.41) is 22.7. The molecule has 0 aliphatic heterocycles. The van der Waals surface area contributed by atoms with Gasteiger partial charge in [-0.2, -0.15) is 0 Å². The van der Waals surface area contributed by atoms with Gasteiger partial charge in [0.2, 0.25) is 0 Å². The molecule has 0 saturated carbocycles. The van der Waals surface area contributed by atoms with Gasteiger partial charge in [0.15, 0.2) is 0 Å². The van der Waals surface area contributed by atoms with Crippen molar-refractivity contribution in [1.29, 1.82) is 0 Å². The standard InChI is InChI=1S/C18H26O4/c1-11(2)5-7-13-8-10-15(17(19)20)16(18(21)22)14(13)9-6-12(3)4/h8,10-12H,5-7,9H2,1-4H3,(H,19,20)(H,21,22)/p-2. The summed E-state index contributed by atoms with van der Waals surface area (Å²) in [5.74, 6) is -2.02. The van der Waals surface area contributed by atoms with Crippen molar-refractivity contribution in [3.05, 3.63) is 34.4 Å². The minimum absolute atomic E-state index is 0.207. The van der Waals surface area contributed by atoms with Crippen LogP contribution >= 0.6 is 0 Å². The molecule has 0 N–H and O–H groups in total. The molecule has 0 bridgehead atoms. The third kappa shape index (κ3) is 4.86. The van der Waals surface area contributed by atoms with E-state index in [0.29, 0.717) is 23.8 Å². The molecule has 0 radical (unpaired) electrons. The average Bonchev–Trinajstić information content (AvgIpc) is 2.41. The monoisotopic (exact) mass is 304 g/mol. The highest BCUT2D eigenvalue weighted by Crippen LogP contribution is 2.24. The van der Waals surface area contributed by atoms with Crippen LogP contribution in [0.4, 0.5) is 0 Å².